The van der Waals surface area contributed by atoms with Gasteiger partial charge in [0.2, 0.25) is 5.91 Å². The largest absolute Gasteiger partial charge is 0.346 e. The average molecular weight is 367 g/mol. The topological polar surface area (TPSA) is 32.7 Å². The molecule has 0 aliphatic carbocycles. The Balaban J connectivity index is 2.34. The van der Waals surface area contributed by atoms with Crippen molar-refractivity contribution < 1.29 is 4.79 Å². The van der Waals surface area contributed by atoms with Crippen molar-refractivity contribution >= 4 is 22.7 Å². The van der Waals surface area contributed by atoms with E-state index in [0.717, 1.165) is 31.6 Å². The van der Waals surface area contributed by atoms with Crippen molar-refractivity contribution in [3.63, 3.8) is 0 Å². The first-order chi connectivity index (χ1) is 11.8. The van der Waals surface area contributed by atoms with Crippen LogP contribution in [-0.4, -0.2) is 41.2 Å². The number of carbonyl (C=O) groups is 1. The summed E-state index contributed by atoms with van der Waals surface area (Å²) in [6, 6.07) is 0.319. The molecule has 4 heteroatoms. The predicted octanol–water partition coefficient (Wildman–Crippen LogP) is 5.27. The smallest absolute Gasteiger partial charge is 0.225 e. The maximum absolute atomic E-state index is 12.2. The summed E-state index contributed by atoms with van der Waals surface area (Å²) in [5.41, 5.74) is 0. The van der Waals surface area contributed by atoms with Crippen LogP contribution in [0.3, 0.4) is 0 Å². The van der Waals surface area contributed by atoms with Gasteiger partial charge in [-0.1, -0.05) is 40.7 Å². The monoisotopic (exact) mass is 366 g/mol. The molecule has 0 N–H and O–H groups in total. The van der Waals surface area contributed by atoms with E-state index >= 15 is 0 Å². The molecular weight excluding hydrogens is 328 g/mol. The van der Waals surface area contributed by atoms with Crippen molar-refractivity contribution in [2.24, 2.45) is 28.7 Å². The number of hydrogen-bond donors (Lipinski definition) is 0. The molecule has 0 aromatic carbocycles. The summed E-state index contributed by atoms with van der Waals surface area (Å²) in [6.07, 6.45) is 6.27. The van der Waals surface area contributed by atoms with Gasteiger partial charge in [0.05, 0.1) is 11.1 Å². The molecule has 0 bridgehead atoms. The fourth-order valence-corrected chi connectivity index (χ4v) is 4.37. The first-order valence-corrected chi connectivity index (χ1v) is 10.8. The Bertz CT molecular complexity index is 463. The molecule has 0 unspecified atom stereocenters. The fourth-order valence-electron chi connectivity index (χ4n) is 3.21. The van der Waals surface area contributed by atoms with E-state index in [-0.39, 0.29) is 11.8 Å². The molecule has 1 amide bonds. The molecule has 1 heterocycles. The highest BCUT2D eigenvalue weighted by Gasteiger charge is 2.22. The van der Waals surface area contributed by atoms with Gasteiger partial charge in [-0.3, -0.25) is 9.79 Å². The fraction of sp³-hybridized carbons (Fsp3) is 0.810. The third-order valence-corrected chi connectivity index (χ3v) is 6.73. The van der Waals surface area contributed by atoms with Gasteiger partial charge in [-0.15, -0.1) is 18.3 Å². The molecule has 144 valence electrons. The second kappa shape index (κ2) is 11.1. The van der Waals surface area contributed by atoms with Crippen LogP contribution >= 0.6 is 11.8 Å². The molecule has 0 fully saturated rings. The van der Waals surface area contributed by atoms with Gasteiger partial charge >= 0.3 is 0 Å². The molecule has 0 spiro atoms. The molecule has 0 saturated heterocycles. The zero-order chi connectivity index (χ0) is 19.0. The Labute approximate surface area is 159 Å². The van der Waals surface area contributed by atoms with Gasteiger partial charge in [-0.25, -0.2) is 0 Å². The maximum atomic E-state index is 12.2. The molecule has 1 aliphatic rings. The molecule has 0 saturated carbocycles. The average Bonchev–Trinajstić information content (AvgIpc) is 3.05. The number of carbonyl (C=O) groups excluding carboxylic acids is 1. The minimum absolute atomic E-state index is 0.142. The van der Waals surface area contributed by atoms with E-state index in [9.17, 15) is 4.79 Å². The van der Waals surface area contributed by atoms with Gasteiger partial charge < -0.3 is 4.90 Å². The summed E-state index contributed by atoms with van der Waals surface area (Å²) in [6.45, 7) is 15.8. The first-order valence-electron chi connectivity index (χ1n) is 9.85. The van der Waals surface area contributed by atoms with Crippen LogP contribution in [0.1, 0.15) is 60.3 Å². The number of hydrogen-bond acceptors (Lipinski definition) is 3. The van der Waals surface area contributed by atoms with Crippen molar-refractivity contribution in [1.29, 1.82) is 0 Å². The van der Waals surface area contributed by atoms with Crippen molar-refractivity contribution in [1.82, 2.24) is 4.90 Å². The standard InChI is InChI=1S/C21H38N2OS/c1-8-16(4)21(24)23(7)11-10-15(3)12-17(5)18(6)13-20-22-19(9-2)14-25-20/h9,15-19H,2,8,10-14H2,1,3-7H3/t15-,16-,17-,18+,19+/m0/s1. The van der Waals surface area contributed by atoms with Crippen molar-refractivity contribution in [3.05, 3.63) is 12.7 Å². The number of rotatable bonds is 11. The summed E-state index contributed by atoms with van der Waals surface area (Å²) in [5, 5.41) is 1.30. The van der Waals surface area contributed by atoms with Crippen molar-refractivity contribution in [2.45, 2.75) is 66.3 Å². The predicted molar refractivity (Wildman–Crippen MR) is 112 cm³/mol. The SMILES string of the molecule is C=C[C@@H]1CSC(C[C@@H](C)[C@@H](C)C[C@@H](C)CCN(C)C(=O)[C@@H](C)CC)=N1. The lowest BCUT2D eigenvalue weighted by Crippen LogP contribution is -2.33. The lowest BCUT2D eigenvalue weighted by atomic mass is 9.84. The molecule has 0 aromatic rings. The maximum Gasteiger partial charge on any atom is 0.225 e. The van der Waals surface area contributed by atoms with Crippen molar-refractivity contribution in [2.75, 3.05) is 19.3 Å². The van der Waals surface area contributed by atoms with Crippen LogP contribution in [0.15, 0.2) is 17.6 Å². The minimum atomic E-state index is 0.142. The zero-order valence-corrected chi connectivity index (χ0v) is 17.9. The second-order valence-electron chi connectivity index (χ2n) is 7.99. The number of aliphatic imine (C=N–C) groups is 1. The van der Waals surface area contributed by atoms with Crippen LogP contribution in [0.25, 0.3) is 0 Å². The van der Waals surface area contributed by atoms with Crippen LogP contribution < -0.4 is 0 Å². The number of thioether (sulfide) groups is 1. The molecule has 25 heavy (non-hydrogen) atoms. The highest BCUT2D eigenvalue weighted by atomic mass is 32.2. The molecule has 3 nitrogen and oxygen atoms in total. The molecular formula is C21H38N2OS. The Morgan fingerprint density at radius 1 is 1.36 bits per heavy atom. The summed E-state index contributed by atoms with van der Waals surface area (Å²) >= 11 is 1.90. The summed E-state index contributed by atoms with van der Waals surface area (Å²) in [4.78, 5) is 18.8. The van der Waals surface area contributed by atoms with Gasteiger partial charge in [-0.05, 0) is 43.4 Å². The highest BCUT2D eigenvalue weighted by molar-refractivity contribution is 8.14. The molecule has 0 aromatic heterocycles. The van der Waals surface area contributed by atoms with Crippen molar-refractivity contribution in [3.8, 4) is 0 Å². The van der Waals surface area contributed by atoms with Gasteiger partial charge in [0, 0.05) is 25.3 Å². The first kappa shape index (κ1) is 22.3. The summed E-state index contributed by atoms with van der Waals surface area (Å²) in [7, 11) is 1.94. The molecule has 0 radical (unpaired) electrons. The summed E-state index contributed by atoms with van der Waals surface area (Å²) < 4.78 is 0. The third-order valence-electron chi connectivity index (χ3n) is 5.61. The van der Waals surface area contributed by atoms with Gasteiger partial charge in [0.25, 0.3) is 0 Å². The number of amides is 1. The van der Waals surface area contributed by atoms with Crippen LogP contribution in [0.4, 0.5) is 0 Å². The number of nitrogens with zero attached hydrogens (tertiary/aromatic N) is 2. The van der Waals surface area contributed by atoms with Crippen LogP contribution in [-0.2, 0) is 4.79 Å². The van der Waals surface area contributed by atoms with Crippen LogP contribution in [0.2, 0.25) is 0 Å². The zero-order valence-electron chi connectivity index (χ0n) is 17.1. The van der Waals surface area contributed by atoms with E-state index in [0.29, 0.717) is 23.8 Å². The second-order valence-corrected chi connectivity index (χ2v) is 9.09. The molecule has 1 aliphatic heterocycles. The lowest BCUT2D eigenvalue weighted by Gasteiger charge is -2.26. The van der Waals surface area contributed by atoms with Gasteiger partial charge in [-0.2, -0.15) is 0 Å². The Hall–Kier alpha value is -0.770. The Morgan fingerprint density at radius 2 is 2.04 bits per heavy atom. The Kier molecular flexibility index (Phi) is 9.84. The van der Waals surface area contributed by atoms with E-state index in [2.05, 4.69) is 34.3 Å². The Morgan fingerprint density at radius 3 is 2.60 bits per heavy atom. The normalized spacial score (nSPS) is 22.0. The lowest BCUT2D eigenvalue weighted by molar-refractivity contribution is -0.133. The molecule has 5 atom stereocenters. The highest BCUT2D eigenvalue weighted by Crippen LogP contribution is 2.29. The summed E-state index contributed by atoms with van der Waals surface area (Å²) in [5.74, 6) is 3.46. The van der Waals surface area contributed by atoms with E-state index in [1.807, 2.05) is 36.7 Å². The minimum Gasteiger partial charge on any atom is -0.346 e. The van der Waals surface area contributed by atoms with Crippen LogP contribution in [0.5, 0.6) is 0 Å². The van der Waals surface area contributed by atoms with E-state index < -0.39 is 0 Å². The third kappa shape index (κ3) is 7.55. The van der Waals surface area contributed by atoms with E-state index in [4.69, 9.17) is 4.99 Å². The van der Waals surface area contributed by atoms with Gasteiger partial charge in [0.15, 0.2) is 0 Å². The van der Waals surface area contributed by atoms with E-state index in [1.165, 1.54) is 11.5 Å². The van der Waals surface area contributed by atoms with Crippen LogP contribution in [0, 0.1) is 23.7 Å². The van der Waals surface area contributed by atoms with E-state index in [1.54, 1.807) is 0 Å². The quantitative estimate of drug-likeness (QED) is 0.467. The van der Waals surface area contributed by atoms with Gasteiger partial charge in [0.1, 0.15) is 0 Å². The molecule has 1 rings (SSSR count).